The zero-order chi connectivity index (χ0) is 24.9. The number of carbonyl (C=O) groups is 1. The van der Waals surface area contributed by atoms with Gasteiger partial charge in [-0.3, -0.25) is 4.79 Å². The van der Waals surface area contributed by atoms with E-state index in [-0.39, 0.29) is 16.6 Å². The van der Waals surface area contributed by atoms with Gasteiger partial charge in [0.1, 0.15) is 12.1 Å². The second-order valence-electron chi connectivity index (χ2n) is 8.00. The number of halogens is 3. The van der Waals surface area contributed by atoms with E-state index in [1.54, 1.807) is 42.5 Å². The first-order valence-electron chi connectivity index (χ1n) is 10.7. The van der Waals surface area contributed by atoms with E-state index in [0.29, 0.717) is 39.5 Å². The molecule has 3 aromatic carbocycles. The molecule has 35 heavy (non-hydrogen) atoms. The molecule has 0 unspecified atom stereocenters. The zero-order valence-electron chi connectivity index (χ0n) is 19.0. The van der Waals surface area contributed by atoms with Crippen molar-refractivity contribution in [3.05, 3.63) is 88.9 Å². The van der Waals surface area contributed by atoms with Crippen LogP contribution in [0.5, 0.6) is 0 Å². The van der Waals surface area contributed by atoms with Crippen LogP contribution in [0.15, 0.2) is 73.1 Å². The molecule has 0 saturated heterocycles. The molecule has 0 aliphatic heterocycles. The number of hydrogen-bond donors (Lipinski definition) is 2. The molecule has 9 heteroatoms. The highest BCUT2D eigenvalue weighted by atomic mass is 35.5. The summed E-state index contributed by atoms with van der Waals surface area (Å²) < 4.78 is 14.7. The average molecular weight is 510 g/mol. The summed E-state index contributed by atoms with van der Waals surface area (Å²) in [6.45, 7) is 0.624. The molecule has 1 aromatic heterocycles. The van der Waals surface area contributed by atoms with Crippen LogP contribution in [0.25, 0.3) is 22.0 Å². The lowest BCUT2D eigenvalue weighted by molar-refractivity contribution is -0.111. The van der Waals surface area contributed by atoms with Crippen molar-refractivity contribution in [3.63, 3.8) is 0 Å². The van der Waals surface area contributed by atoms with Crippen LogP contribution in [0.1, 0.15) is 0 Å². The monoisotopic (exact) mass is 509 g/mol. The van der Waals surface area contributed by atoms with Gasteiger partial charge < -0.3 is 15.5 Å². The van der Waals surface area contributed by atoms with Gasteiger partial charge in [0.25, 0.3) is 0 Å². The molecule has 4 aromatic rings. The average Bonchev–Trinajstić information content (AvgIpc) is 2.82. The van der Waals surface area contributed by atoms with E-state index in [9.17, 15) is 9.18 Å². The normalized spacial score (nSPS) is 11.4. The van der Waals surface area contributed by atoms with Crippen molar-refractivity contribution in [2.75, 3.05) is 31.3 Å². The molecule has 4 rings (SSSR count). The molecule has 1 heterocycles. The summed E-state index contributed by atoms with van der Waals surface area (Å²) in [6, 6.07) is 15.4. The van der Waals surface area contributed by atoms with Crippen molar-refractivity contribution in [1.29, 1.82) is 0 Å². The van der Waals surface area contributed by atoms with E-state index in [1.807, 2.05) is 31.1 Å². The molecule has 0 aliphatic rings. The number of fused-ring (bicyclic) bond motifs is 1. The number of rotatable bonds is 7. The first kappa shape index (κ1) is 24.6. The molecule has 6 nitrogen and oxygen atoms in total. The van der Waals surface area contributed by atoms with Crippen molar-refractivity contribution < 1.29 is 9.18 Å². The molecular formula is C26H22Cl2FN5O. The lowest BCUT2D eigenvalue weighted by Gasteiger charge is -2.17. The van der Waals surface area contributed by atoms with Gasteiger partial charge in [0.15, 0.2) is 5.82 Å². The summed E-state index contributed by atoms with van der Waals surface area (Å²) in [5.74, 6) is -0.534. The quantitative estimate of drug-likeness (QED) is 0.276. The second-order valence-corrected chi connectivity index (χ2v) is 8.84. The molecule has 0 radical (unpaired) electrons. The van der Waals surface area contributed by atoms with Gasteiger partial charge in [-0.15, -0.1) is 0 Å². The number of anilines is 3. The van der Waals surface area contributed by atoms with Crippen LogP contribution < -0.4 is 10.6 Å². The van der Waals surface area contributed by atoms with Gasteiger partial charge in [-0.25, -0.2) is 14.4 Å². The Hall–Kier alpha value is -3.52. The number of nitrogens with zero attached hydrogens (tertiary/aromatic N) is 3. The Balaban J connectivity index is 1.88. The smallest absolute Gasteiger partial charge is 0.248 e. The molecule has 2 N–H and O–H groups in total. The van der Waals surface area contributed by atoms with E-state index < -0.39 is 5.82 Å². The van der Waals surface area contributed by atoms with Crippen LogP contribution in [0.4, 0.5) is 21.6 Å². The van der Waals surface area contributed by atoms with Crippen LogP contribution >= 0.6 is 23.2 Å². The molecular weight excluding hydrogens is 488 g/mol. The molecule has 1 amide bonds. The van der Waals surface area contributed by atoms with E-state index in [2.05, 4.69) is 20.6 Å². The fraction of sp³-hybridized carbons (Fsp3) is 0.115. The number of hydrogen-bond acceptors (Lipinski definition) is 5. The predicted octanol–water partition coefficient (Wildman–Crippen LogP) is 6.54. The van der Waals surface area contributed by atoms with Gasteiger partial charge in [-0.05, 0) is 56.1 Å². The van der Waals surface area contributed by atoms with Gasteiger partial charge in [-0.2, -0.15) is 0 Å². The van der Waals surface area contributed by atoms with Crippen molar-refractivity contribution in [3.8, 4) is 11.1 Å². The second kappa shape index (κ2) is 10.8. The van der Waals surface area contributed by atoms with Crippen LogP contribution in [0, 0.1) is 5.82 Å². The Labute approximate surface area is 212 Å². The molecule has 0 saturated carbocycles. The maximum Gasteiger partial charge on any atom is 0.248 e. The van der Waals surface area contributed by atoms with E-state index in [1.165, 1.54) is 18.5 Å². The molecule has 0 aliphatic carbocycles. The van der Waals surface area contributed by atoms with E-state index in [4.69, 9.17) is 23.2 Å². The van der Waals surface area contributed by atoms with Crippen LogP contribution in [0.2, 0.25) is 10.0 Å². The van der Waals surface area contributed by atoms with Crippen molar-refractivity contribution >= 4 is 57.2 Å². The Morgan fingerprint density at radius 1 is 1.06 bits per heavy atom. The standard InChI is InChI=1S/C26H22Cl2FN5O/c1-34(2)13-5-10-22(35)32-20-12-11-19-24(23(20)16-6-3-7-17(27)14-16)26(31-15-30-19)33-21-9-4-8-18(28)25(21)29/h3-12,14-15H,13H2,1-2H3,(H,32,35)(H,30,31,33)/b10-5+. The number of benzene rings is 3. The maximum absolute atomic E-state index is 14.7. The van der Waals surface area contributed by atoms with Crippen LogP contribution in [0.3, 0.4) is 0 Å². The summed E-state index contributed by atoms with van der Waals surface area (Å²) in [6.07, 6.45) is 4.64. The first-order chi connectivity index (χ1) is 16.8. The first-order valence-corrected chi connectivity index (χ1v) is 11.5. The summed E-state index contributed by atoms with van der Waals surface area (Å²) in [7, 11) is 3.83. The third-order valence-corrected chi connectivity index (χ3v) is 5.65. The fourth-order valence-corrected chi connectivity index (χ4v) is 3.93. The topological polar surface area (TPSA) is 70.2 Å². The van der Waals surface area contributed by atoms with Gasteiger partial charge in [0.05, 0.1) is 21.6 Å². The van der Waals surface area contributed by atoms with Gasteiger partial charge in [0.2, 0.25) is 5.91 Å². The van der Waals surface area contributed by atoms with Crippen molar-refractivity contribution in [2.24, 2.45) is 0 Å². The Bertz CT molecular complexity index is 1420. The summed E-state index contributed by atoms with van der Waals surface area (Å²) in [4.78, 5) is 23.4. The number of aromatic nitrogens is 2. The van der Waals surface area contributed by atoms with Crippen molar-refractivity contribution in [2.45, 2.75) is 0 Å². The minimum absolute atomic E-state index is 0.0131. The van der Waals surface area contributed by atoms with Crippen molar-refractivity contribution in [1.82, 2.24) is 14.9 Å². The van der Waals surface area contributed by atoms with Gasteiger partial charge in [-0.1, -0.05) is 47.5 Å². The van der Waals surface area contributed by atoms with Gasteiger partial charge >= 0.3 is 0 Å². The Morgan fingerprint density at radius 3 is 2.63 bits per heavy atom. The minimum Gasteiger partial charge on any atom is -0.337 e. The largest absolute Gasteiger partial charge is 0.337 e. The molecule has 0 spiro atoms. The summed E-state index contributed by atoms with van der Waals surface area (Å²) >= 11 is 12.3. The number of likely N-dealkylation sites (N-methyl/N-ethyl adjacent to an activating group) is 1. The fourth-order valence-electron chi connectivity index (χ4n) is 3.57. The molecule has 178 valence electrons. The number of nitrogens with one attached hydrogen (secondary N) is 2. The lowest BCUT2D eigenvalue weighted by atomic mass is 9.98. The number of amides is 1. The van der Waals surface area contributed by atoms with Crippen LogP contribution in [-0.2, 0) is 4.79 Å². The highest BCUT2D eigenvalue weighted by Crippen LogP contribution is 2.40. The van der Waals surface area contributed by atoms with E-state index in [0.717, 1.165) is 5.56 Å². The lowest BCUT2D eigenvalue weighted by Crippen LogP contribution is -2.13. The van der Waals surface area contributed by atoms with Gasteiger partial charge in [0, 0.05) is 28.9 Å². The van der Waals surface area contributed by atoms with Crippen LogP contribution in [-0.4, -0.2) is 41.4 Å². The third-order valence-electron chi connectivity index (χ3n) is 5.12. The summed E-state index contributed by atoms with van der Waals surface area (Å²) in [5.41, 5.74) is 2.67. The maximum atomic E-state index is 14.7. The SMILES string of the molecule is CN(C)C/C=C/C(=O)Nc1ccc2ncnc(Nc3cccc(Cl)c3F)c2c1-c1cccc(Cl)c1. The van der Waals surface area contributed by atoms with E-state index >= 15 is 0 Å². The molecule has 0 atom stereocenters. The predicted molar refractivity (Wildman–Crippen MR) is 141 cm³/mol. The Morgan fingerprint density at radius 2 is 1.86 bits per heavy atom. The highest BCUT2D eigenvalue weighted by molar-refractivity contribution is 6.31. The summed E-state index contributed by atoms with van der Waals surface area (Å²) in [5, 5.41) is 7.07. The zero-order valence-corrected chi connectivity index (χ0v) is 20.5. The highest BCUT2D eigenvalue weighted by Gasteiger charge is 2.18. The Kier molecular flexibility index (Phi) is 7.60. The number of carbonyl (C=O) groups excluding carboxylic acids is 1. The molecule has 0 fully saturated rings. The minimum atomic E-state index is -0.597. The third kappa shape index (κ3) is 5.77. The molecule has 0 bridgehead atoms.